The van der Waals surface area contributed by atoms with Crippen LogP contribution in [0.4, 0.5) is 0 Å². The van der Waals surface area contributed by atoms with Gasteiger partial charge in [-0.3, -0.25) is 0 Å². The summed E-state index contributed by atoms with van der Waals surface area (Å²) in [5.41, 5.74) is 13.8. The lowest BCUT2D eigenvalue weighted by molar-refractivity contribution is 0.387. The van der Waals surface area contributed by atoms with E-state index in [0.717, 1.165) is 6.42 Å². The lowest BCUT2D eigenvalue weighted by Crippen LogP contribution is -2.41. The van der Waals surface area contributed by atoms with E-state index >= 15 is 0 Å². The Bertz CT molecular complexity index is 1960. The van der Waals surface area contributed by atoms with Crippen molar-refractivity contribution in [2.24, 2.45) is 5.92 Å². The lowest BCUT2D eigenvalue weighted by Gasteiger charge is -2.51. The highest BCUT2D eigenvalue weighted by atomic mass is 31.1. The average molecular weight is 719 g/mol. The smallest absolute Gasteiger partial charge is 0.0267 e. The molecule has 0 aliphatic rings. The van der Waals surface area contributed by atoms with Gasteiger partial charge in [-0.15, -0.1) is 0 Å². The fourth-order valence-corrected chi connectivity index (χ4v) is 16.4. The molecular weight excluding hydrogens is 662 g/mol. The summed E-state index contributed by atoms with van der Waals surface area (Å²) in [6.07, 6.45) is 1.02. The average Bonchev–Trinajstić information content (AvgIpc) is 3.08. The summed E-state index contributed by atoms with van der Waals surface area (Å²) in [4.78, 5) is 0. The fraction of sp³-hybridized carbons (Fsp3) is 0.280. The van der Waals surface area contributed by atoms with Gasteiger partial charge in [0, 0.05) is 10.8 Å². The van der Waals surface area contributed by atoms with Crippen LogP contribution in [0.3, 0.4) is 0 Å². The molecule has 0 aromatic heterocycles. The summed E-state index contributed by atoms with van der Waals surface area (Å²) < 4.78 is 0. The van der Waals surface area contributed by atoms with Crippen molar-refractivity contribution in [1.29, 1.82) is 0 Å². The number of hydrogen-bond acceptors (Lipinski definition) is 0. The zero-order valence-electron chi connectivity index (χ0n) is 33.0. The molecule has 0 saturated heterocycles. The van der Waals surface area contributed by atoms with E-state index in [1.807, 2.05) is 0 Å². The molecule has 3 atom stereocenters. The quantitative estimate of drug-likeness (QED) is 0.117. The van der Waals surface area contributed by atoms with Gasteiger partial charge in [0.25, 0.3) is 0 Å². The Morgan fingerprint density at radius 1 is 0.442 bits per heavy atom. The van der Waals surface area contributed by atoms with Gasteiger partial charge in [-0.1, -0.05) is 192 Å². The first-order chi connectivity index (χ1) is 24.9. The molecule has 0 aliphatic heterocycles. The minimum absolute atomic E-state index is 0.185. The van der Waals surface area contributed by atoms with Gasteiger partial charge in [0.1, 0.15) is 0 Å². The SMILES string of the molecule is CCC(c1ccccc1)(C(C)C(c1ccccc1)P(c1cc(C)cc(C)c1)c1cc(C)cc(C)c1)P(c1cc(C)cc(C)c1)c1cc(C)cc(C)c1. The van der Waals surface area contributed by atoms with E-state index in [1.165, 1.54) is 76.9 Å². The Morgan fingerprint density at radius 3 is 1.12 bits per heavy atom. The summed E-state index contributed by atoms with van der Waals surface area (Å²) in [6, 6.07) is 52.5. The summed E-state index contributed by atoms with van der Waals surface area (Å²) in [5, 5.41) is 5.71. The molecule has 6 aromatic rings. The normalized spacial score (nSPS) is 14.0. The number of hydrogen-bond donors (Lipinski definition) is 0. The van der Waals surface area contributed by atoms with Gasteiger partial charge in [0.15, 0.2) is 0 Å². The fourth-order valence-electron chi connectivity index (χ4n) is 9.00. The van der Waals surface area contributed by atoms with Crippen molar-refractivity contribution >= 4 is 37.1 Å². The summed E-state index contributed by atoms with van der Waals surface area (Å²) in [5.74, 6) is 0.266. The van der Waals surface area contributed by atoms with Crippen LogP contribution in [0.25, 0.3) is 0 Å². The third-order valence-electron chi connectivity index (χ3n) is 10.8. The van der Waals surface area contributed by atoms with Gasteiger partial charge < -0.3 is 0 Å². The van der Waals surface area contributed by atoms with E-state index < -0.39 is 15.8 Å². The second-order valence-electron chi connectivity index (χ2n) is 15.4. The highest BCUT2D eigenvalue weighted by Crippen LogP contribution is 2.68. The van der Waals surface area contributed by atoms with E-state index in [9.17, 15) is 0 Å². The summed E-state index contributed by atoms with van der Waals surface area (Å²) in [7, 11) is -1.71. The summed E-state index contributed by atoms with van der Waals surface area (Å²) in [6.45, 7) is 23.3. The highest BCUT2D eigenvalue weighted by Gasteiger charge is 2.50. The molecular formula is C50H56P2. The monoisotopic (exact) mass is 718 g/mol. The highest BCUT2D eigenvalue weighted by molar-refractivity contribution is 7.74. The Balaban J connectivity index is 1.75. The van der Waals surface area contributed by atoms with Crippen molar-refractivity contribution in [2.75, 3.05) is 0 Å². The Kier molecular flexibility index (Phi) is 11.7. The minimum atomic E-state index is -0.879. The molecule has 52 heavy (non-hydrogen) atoms. The molecule has 0 bridgehead atoms. The lowest BCUT2D eigenvalue weighted by atomic mass is 9.80. The molecule has 6 rings (SSSR count). The van der Waals surface area contributed by atoms with Crippen LogP contribution in [0.5, 0.6) is 0 Å². The van der Waals surface area contributed by atoms with Crippen LogP contribution >= 0.6 is 15.8 Å². The maximum atomic E-state index is 2.62. The van der Waals surface area contributed by atoms with Gasteiger partial charge in [0.2, 0.25) is 0 Å². The predicted molar refractivity (Wildman–Crippen MR) is 233 cm³/mol. The molecule has 0 nitrogen and oxygen atoms in total. The zero-order valence-corrected chi connectivity index (χ0v) is 34.7. The van der Waals surface area contributed by atoms with E-state index in [-0.39, 0.29) is 16.7 Å². The van der Waals surface area contributed by atoms with E-state index in [1.54, 1.807) is 0 Å². The molecule has 0 aliphatic carbocycles. The predicted octanol–water partition coefficient (Wildman–Crippen LogP) is 12.4. The maximum absolute atomic E-state index is 2.62. The zero-order chi connectivity index (χ0) is 37.2. The molecule has 3 unspecified atom stereocenters. The molecule has 0 fully saturated rings. The van der Waals surface area contributed by atoms with E-state index in [0.29, 0.717) is 0 Å². The van der Waals surface area contributed by atoms with E-state index in [2.05, 4.69) is 203 Å². The molecule has 2 heteroatoms. The van der Waals surface area contributed by atoms with Crippen LogP contribution in [0.15, 0.2) is 133 Å². The first-order valence-electron chi connectivity index (χ1n) is 18.9. The molecule has 0 spiro atoms. The van der Waals surface area contributed by atoms with Crippen LogP contribution < -0.4 is 21.2 Å². The second-order valence-corrected chi connectivity index (χ2v) is 20.2. The van der Waals surface area contributed by atoms with Gasteiger partial charge in [0.05, 0.1) is 0 Å². The molecule has 0 heterocycles. The Labute approximate surface area is 317 Å². The van der Waals surface area contributed by atoms with Crippen molar-refractivity contribution in [2.45, 2.75) is 86.5 Å². The van der Waals surface area contributed by atoms with Gasteiger partial charge in [-0.2, -0.15) is 0 Å². The van der Waals surface area contributed by atoms with Crippen LogP contribution in [0, 0.1) is 61.3 Å². The largest absolute Gasteiger partial charge is 0.0642 e. The molecule has 0 amide bonds. The van der Waals surface area contributed by atoms with Crippen LogP contribution in [-0.4, -0.2) is 0 Å². The van der Waals surface area contributed by atoms with Crippen LogP contribution in [0.2, 0.25) is 0 Å². The van der Waals surface area contributed by atoms with Gasteiger partial charge >= 0.3 is 0 Å². The van der Waals surface area contributed by atoms with Crippen LogP contribution in [0.1, 0.15) is 81.6 Å². The third kappa shape index (κ3) is 7.91. The third-order valence-corrected chi connectivity index (χ3v) is 17.0. The summed E-state index contributed by atoms with van der Waals surface area (Å²) >= 11 is 0. The standard InChI is InChI=1S/C50H56P2/c1-11-50(44-20-16-13-17-21-44,52(47-30-38(6)24-39(7)31-47)48-32-40(8)25-41(9)33-48)42(10)49(43-18-14-12-15-19-43)51(45-26-34(2)22-35(3)27-45)46-28-36(4)23-37(5)29-46/h12-33,42,49H,11H2,1-10H3. The van der Waals surface area contributed by atoms with Gasteiger partial charge in [-0.05, 0) is 116 Å². The first kappa shape index (κ1) is 37.9. The van der Waals surface area contributed by atoms with Crippen molar-refractivity contribution in [3.63, 3.8) is 0 Å². The van der Waals surface area contributed by atoms with Crippen LogP contribution in [-0.2, 0) is 5.16 Å². The number of rotatable bonds is 11. The van der Waals surface area contributed by atoms with Crippen molar-refractivity contribution in [3.8, 4) is 0 Å². The molecule has 0 saturated carbocycles. The second kappa shape index (κ2) is 16.0. The molecule has 6 aromatic carbocycles. The molecule has 0 N–H and O–H groups in total. The Morgan fingerprint density at radius 2 is 0.769 bits per heavy atom. The van der Waals surface area contributed by atoms with Crippen molar-refractivity contribution in [1.82, 2.24) is 0 Å². The minimum Gasteiger partial charge on any atom is -0.0642 e. The van der Waals surface area contributed by atoms with E-state index in [4.69, 9.17) is 0 Å². The maximum Gasteiger partial charge on any atom is 0.0267 e. The Hall–Kier alpha value is -3.82. The topological polar surface area (TPSA) is 0 Å². The number of benzene rings is 6. The molecule has 0 radical (unpaired) electrons. The van der Waals surface area contributed by atoms with Crippen molar-refractivity contribution < 1.29 is 0 Å². The first-order valence-corrected chi connectivity index (χ1v) is 21.7. The number of aryl methyl sites for hydroxylation is 8. The van der Waals surface area contributed by atoms with Crippen molar-refractivity contribution in [3.05, 3.63) is 189 Å². The van der Waals surface area contributed by atoms with Gasteiger partial charge in [-0.25, -0.2) is 0 Å². The molecule has 266 valence electrons.